The molecule has 0 atom stereocenters. The van der Waals surface area contributed by atoms with Gasteiger partial charge in [-0.1, -0.05) is 0 Å². The molecule has 1 aliphatic rings. The Balaban J connectivity index is 2.45. The van der Waals surface area contributed by atoms with Crippen LogP contribution in [0.1, 0.15) is 36.0 Å². The van der Waals surface area contributed by atoms with E-state index in [0.29, 0.717) is 18.6 Å². The summed E-state index contributed by atoms with van der Waals surface area (Å²) in [6.45, 7) is 0. The third-order valence-electron chi connectivity index (χ3n) is 3.20. The lowest BCUT2D eigenvalue weighted by Crippen LogP contribution is -2.07. The molecule has 0 heterocycles. The van der Waals surface area contributed by atoms with E-state index in [1.165, 1.54) is 24.0 Å². The average Bonchev–Trinajstić information content (AvgIpc) is 2.30. The lowest BCUT2D eigenvalue weighted by Gasteiger charge is -2.21. The molecular formula is C13H15BrO2. The summed E-state index contributed by atoms with van der Waals surface area (Å²) < 4.78 is 0.758. The number of aryl methyl sites for hydroxylation is 1. The number of phenols is 1. The molecule has 0 saturated heterocycles. The highest BCUT2D eigenvalue weighted by Gasteiger charge is 2.18. The van der Waals surface area contributed by atoms with Crippen LogP contribution >= 0.6 is 15.9 Å². The summed E-state index contributed by atoms with van der Waals surface area (Å²) in [6, 6.07) is 2.02. The van der Waals surface area contributed by atoms with Crippen LogP contribution in [0.2, 0.25) is 0 Å². The summed E-state index contributed by atoms with van der Waals surface area (Å²) in [7, 11) is 0. The Kier molecular flexibility index (Phi) is 3.64. The second-order valence-electron chi connectivity index (χ2n) is 4.24. The lowest BCUT2D eigenvalue weighted by molar-refractivity contribution is -0.107. The predicted molar refractivity (Wildman–Crippen MR) is 66.8 cm³/mol. The second-order valence-corrected chi connectivity index (χ2v) is 5.09. The Hall–Kier alpha value is -0.830. The summed E-state index contributed by atoms with van der Waals surface area (Å²) in [5.41, 5.74) is 3.57. The summed E-state index contributed by atoms with van der Waals surface area (Å²) in [6.07, 6.45) is 6.56. The van der Waals surface area contributed by atoms with Crippen molar-refractivity contribution in [3.63, 3.8) is 0 Å². The maximum absolute atomic E-state index is 10.4. The van der Waals surface area contributed by atoms with Gasteiger partial charge in [0.2, 0.25) is 0 Å². The average molecular weight is 283 g/mol. The van der Waals surface area contributed by atoms with Crippen molar-refractivity contribution in [2.75, 3.05) is 0 Å². The third-order valence-corrected chi connectivity index (χ3v) is 3.80. The van der Waals surface area contributed by atoms with Crippen molar-refractivity contribution < 1.29 is 9.90 Å². The number of halogens is 1. The van der Waals surface area contributed by atoms with Crippen LogP contribution in [0.25, 0.3) is 0 Å². The van der Waals surface area contributed by atoms with Crippen LogP contribution in [-0.4, -0.2) is 11.4 Å². The second kappa shape index (κ2) is 5.00. The summed E-state index contributed by atoms with van der Waals surface area (Å²) >= 11 is 3.38. The van der Waals surface area contributed by atoms with E-state index in [1.54, 1.807) is 0 Å². The fraction of sp³-hybridized carbons (Fsp3) is 0.462. The van der Waals surface area contributed by atoms with Crippen molar-refractivity contribution in [2.24, 2.45) is 0 Å². The zero-order valence-corrected chi connectivity index (χ0v) is 10.7. The van der Waals surface area contributed by atoms with Gasteiger partial charge in [0.1, 0.15) is 12.0 Å². The van der Waals surface area contributed by atoms with Crippen molar-refractivity contribution in [1.29, 1.82) is 0 Å². The number of aldehydes is 1. The number of carbonyl (C=O) groups is 1. The summed E-state index contributed by atoms with van der Waals surface area (Å²) in [5.74, 6) is 0.322. The molecule has 16 heavy (non-hydrogen) atoms. The van der Waals surface area contributed by atoms with E-state index in [2.05, 4.69) is 15.9 Å². The van der Waals surface area contributed by atoms with Gasteiger partial charge in [-0.2, -0.15) is 0 Å². The molecule has 0 spiro atoms. The molecule has 0 fully saturated rings. The van der Waals surface area contributed by atoms with Crippen molar-refractivity contribution >= 4 is 22.2 Å². The highest BCUT2D eigenvalue weighted by Crippen LogP contribution is 2.37. The molecule has 1 aromatic rings. The van der Waals surface area contributed by atoms with Crippen LogP contribution in [0, 0.1) is 0 Å². The van der Waals surface area contributed by atoms with E-state index in [4.69, 9.17) is 0 Å². The van der Waals surface area contributed by atoms with Crippen LogP contribution in [-0.2, 0) is 24.1 Å². The van der Waals surface area contributed by atoms with Crippen molar-refractivity contribution in [3.05, 3.63) is 27.2 Å². The first kappa shape index (κ1) is 11.6. The van der Waals surface area contributed by atoms with E-state index < -0.39 is 0 Å². The van der Waals surface area contributed by atoms with Gasteiger partial charge in [-0.3, -0.25) is 0 Å². The first-order valence-corrected chi connectivity index (χ1v) is 6.49. The van der Waals surface area contributed by atoms with Crippen LogP contribution in [0.3, 0.4) is 0 Å². The van der Waals surface area contributed by atoms with E-state index in [9.17, 15) is 9.90 Å². The fourth-order valence-corrected chi connectivity index (χ4v) is 2.93. The molecule has 0 aliphatic heterocycles. The molecule has 0 aromatic heterocycles. The molecule has 0 saturated carbocycles. The van der Waals surface area contributed by atoms with Gasteiger partial charge in [0.25, 0.3) is 0 Å². The molecule has 0 bridgehead atoms. The Labute approximate surface area is 104 Å². The van der Waals surface area contributed by atoms with Crippen molar-refractivity contribution in [3.8, 4) is 5.75 Å². The molecule has 86 valence electrons. The van der Waals surface area contributed by atoms with Gasteiger partial charge in [0, 0.05) is 6.42 Å². The Morgan fingerprint density at radius 3 is 2.88 bits per heavy atom. The van der Waals surface area contributed by atoms with Gasteiger partial charge in [-0.05, 0) is 70.8 Å². The standard InChI is InChI=1S/C13H15BrO2/c14-12-8-9-4-1-2-5-10(9)11(13(12)16)6-3-7-15/h7-8,16H,1-6H2. The Morgan fingerprint density at radius 1 is 1.38 bits per heavy atom. The number of aromatic hydroxyl groups is 1. The normalized spacial score (nSPS) is 14.6. The minimum atomic E-state index is 0.322. The van der Waals surface area contributed by atoms with Gasteiger partial charge in [-0.25, -0.2) is 0 Å². The molecule has 0 amide bonds. The zero-order valence-electron chi connectivity index (χ0n) is 9.13. The molecule has 3 heteroatoms. The number of rotatable bonds is 3. The minimum absolute atomic E-state index is 0.322. The van der Waals surface area contributed by atoms with E-state index in [-0.39, 0.29) is 0 Å². The quantitative estimate of drug-likeness (QED) is 0.865. The molecular weight excluding hydrogens is 268 g/mol. The monoisotopic (exact) mass is 282 g/mol. The van der Waals surface area contributed by atoms with Gasteiger partial charge < -0.3 is 9.90 Å². The van der Waals surface area contributed by atoms with Crippen LogP contribution in [0.15, 0.2) is 10.5 Å². The van der Waals surface area contributed by atoms with Crippen molar-refractivity contribution in [2.45, 2.75) is 38.5 Å². The predicted octanol–water partition coefficient (Wildman–Crippen LogP) is 3.17. The first-order chi connectivity index (χ1) is 7.74. The molecule has 2 rings (SSSR count). The zero-order chi connectivity index (χ0) is 11.5. The smallest absolute Gasteiger partial charge is 0.133 e. The minimum Gasteiger partial charge on any atom is -0.506 e. The molecule has 0 radical (unpaired) electrons. The van der Waals surface area contributed by atoms with Crippen LogP contribution < -0.4 is 0 Å². The molecule has 2 nitrogen and oxygen atoms in total. The van der Waals surface area contributed by atoms with Crippen molar-refractivity contribution in [1.82, 2.24) is 0 Å². The third kappa shape index (κ3) is 2.14. The first-order valence-electron chi connectivity index (χ1n) is 5.69. The van der Waals surface area contributed by atoms with Crippen LogP contribution in [0.5, 0.6) is 5.75 Å². The largest absolute Gasteiger partial charge is 0.506 e. The number of fused-ring (bicyclic) bond motifs is 1. The number of hydrogen-bond acceptors (Lipinski definition) is 2. The molecule has 1 aromatic carbocycles. The fourth-order valence-electron chi connectivity index (χ4n) is 2.41. The van der Waals surface area contributed by atoms with Gasteiger partial charge in [0.15, 0.2) is 0 Å². The summed E-state index contributed by atoms with van der Waals surface area (Å²) in [5, 5.41) is 10.0. The number of benzene rings is 1. The van der Waals surface area contributed by atoms with Gasteiger partial charge in [0.05, 0.1) is 4.47 Å². The van der Waals surface area contributed by atoms with Crippen LogP contribution in [0.4, 0.5) is 0 Å². The highest BCUT2D eigenvalue weighted by atomic mass is 79.9. The number of hydrogen-bond donors (Lipinski definition) is 1. The van der Waals surface area contributed by atoms with E-state index in [0.717, 1.165) is 29.2 Å². The summed E-state index contributed by atoms with van der Waals surface area (Å²) in [4.78, 5) is 10.4. The molecule has 1 N–H and O–H groups in total. The maximum Gasteiger partial charge on any atom is 0.133 e. The van der Waals surface area contributed by atoms with E-state index in [1.807, 2.05) is 6.07 Å². The Bertz CT molecular complexity index is 413. The number of phenolic OH excluding ortho intramolecular Hbond substituents is 1. The highest BCUT2D eigenvalue weighted by molar-refractivity contribution is 9.10. The topological polar surface area (TPSA) is 37.3 Å². The van der Waals surface area contributed by atoms with Gasteiger partial charge >= 0.3 is 0 Å². The maximum atomic E-state index is 10.4. The van der Waals surface area contributed by atoms with Gasteiger partial charge in [-0.15, -0.1) is 0 Å². The van der Waals surface area contributed by atoms with E-state index >= 15 is 0 Å². The Morgan fingerprint density at radius 2 is 2.12 bits per heavy atom. The number of carbonyl (C=O) groups excluding carboxylic acids is 1. The SMILES string of the molecule is O=CCCc1c(O)c(Br)cc2c1CCCC2. The molecule has 0 unspecified atom stereocenters. The lowest BCUT2D eigenvalue weighted by atomic mass is 9.86. The molecule has 1 aliphatic carbocycles.